The smallest absolute Gasteiger partial charge is 0.308 e. The summed E-state index contributed by atoms with van der Waals surface area (Å²) in [4.78, 5) is 12.1. The number of carbonyl (C=O) groups excluding carboxylic acids is 1. The van der Waals surface area contributed by atoms with E-state index in [1.807, 2.05) is 6.92 Å². The van der Waals surface area contributed by atoms with E-state index in [4.69, 9.17) is 51.8 Å². The Balaban J connectivity index is 1.30. The van der Waals surface area contributed by atoms with Gasteiger partial charge in [0, 0.05) is 0 Å². The lowest BCUT2D eigenvalue weighted by molar-refractivity contribution is -0.150. The third-order valence-corrected chi connectivity index (χ3v) is 14.2. The minimum absolute atomic E-state index is 0.00611. The molecule has 1 unspecified atom stereocenters. The van der Waals surface area contributed by atoms with Gasteiger partial charge in [0.2, 0.25) is 0 Å². The van der Waals surface area contributed by atoms with Crippen LogP contribution in [0, 0.1) is 5.92 Å². The molecule has 0 spiro atoms. The molecule has 57 heavy (non-hydrogen) atoms. The van der Waals surface area contributed by atoms with Crippen LogP contribution in [0.15, 0.2) is 60.7 Å². The molecule has 0 fully saturated rings. The van der Waals surface area contributed by atoms with Gasteiger partial charge in [0.05, 0.1) is 131 Å². The average Bonchev–Trinajstić information content (AvgIpc) is 3.21. The van der Waals surface area contributed by atoms with Crippen molar-refractivity contribution >= 4 is 24.7 Å². The molecule has 0 bridgehead atoms. The van der Waals surface area contributed by atoms with Crippen LogP contribution in [0.5, 0.6) is 0 Å². The maximum atomic E-state index is 12.1. The molecule has 0 aliphatic carbocycles. The zero-order chi connectivity index (χ0) is 41.1. The van der Waals surface area contributed by atoms with E-state index in [2.05, 4.69) is 88.4 Å². The summed E-state index contributed by atoms with van der Waals surface area (Å²) in [6, 6.07) is 21.3. The molecule has 0 N–H and O–H groups in total. The summed E-state index contributed by atoms with van der Waals surface area (Å²) in [5.41, 5.74) is 0. The van der Waals surface area contributed by atoms with Gasteiger partial charge in [0.25, 0.3) is 8.32 Å². The summed E-state index contributed by atoms with van der Waals surface area (Å²) >= 11 is 0. The Hall–Kier alpha value is -2.27. The van der Waals surface area contributed by atoms with Crippen molar-refractivity contribution in [1.29, 1.82) is 0 Å². The van der Waals surface area contributed by atoms with Crippen LogP contribution in [0.25, 0.3) is 0 Å². The molecule has 0 heterocycles. The molecule has 13 heteroatoms. The highest BCUT2D eigenvalue weighted by molar-refractivity contribution is 6.99. The Morgan fingerprint density at radius 2 is 0.807 bits per heavy atom. The summed E-state index contributed by atoms with van der Waals surface area (Å²) in [5, 5.41) is 2.47. The second-order valence-corrected chi connectivity index (χ2v) is 18.7. The molecule has 326 valence electrons. The fourth-order valence-electron chi connectivity index (χ4n) is 6.13. The number of unbranched alkanes of at least 4 members (excludes halogenated alkanes) is 1. The van der Waals surface area contributed by atoms with Gasteiger partial charge in [0.15, 0.2) is 0 Å². The van der Waals surface area contributed by atoms with Crippen LogP contribution in [0.2, 0.25) is 5.04 Å². The van der Waals surface area contributed by atoms with Gasteiger partial charge in [0.1, 0.15) is 6.61 Å². The Kier molecular flexibility index (Phi) is 29.9. The van der Waals surface area contributed by atoms with Gasteiger partial charge in [-0.2, -0.15) is 0 Å². The average molecular weight is 823 g/mol. The largest absolute Gasteiger partial charge is 0.463 e. The first-order chi connectivity index (χ1) is 27.9. The zero-order valence-corrected chi connectivity index (χ0v) is 36.7. The zero-order valence-electron chi connectivity index (χ0n) is 35.7. The molecule has 2 aromatic rings. The van der Waals surface area contributed by atoms with Crippen LogP contribution in [-0.4, -0.2) is 146 Å². The lowest BCUT2D eigenvalue weighted by Crippen LogP contribution is -2.66. The van der Waals surface area contributed by atoms with Crippen molar-refractivity contribution in [3.63, 3.8) is 0 Å². The third-order valence-electron chi connectivity index (χ3n) is 9.14. The number of benzene rings is 2. The minimum atomic E-state index is -2.54. The Bertz CT molecular complexity index is 1160. The van der Waals surface area contributed by atoms with Crippen molar-refractivity contribution in [2.24, 2.45) is 5.92 Å². The fraction of sp³-hybridized carbons (Fsp3) is 0.705. The molecular weight excluding hydrogens is 749 g/mol. The maximum Gasteiger partial charge on any atom is 0.308 e. The molecule has 0 aliphatic rings. The molecule has 1 atom stereocenters. The molecule has 0 amide bonds. The van der Waals surface area contributed by atoms with Crippen molar-refractivity contribution in [2.75, 3.05) is 132 Å². The number of hydrogen-bond acceptors (Lipinski definition) is 12. The van der Waals surface area contributed by atoms with Gasteiger partial charge >= 0.3 is 5.97 Å². The highest BCUT2D eigenvalue weighted by Crippen LogP contribution is 2.36. The van der Waals surface area contributed by atoms with Gasteiger partial charge in [-0.25, -0.2) is 0 Å². The number of rotatable bonds is 38. The number of esters is 1. The molecule has 0 saturated carbocycles. The molecule has 0 aliphatic heterocycles. The van der Waals surface area contributed by atoms with Gasteiger partial charge in [-0.05, 0) is 28.3 Å². The van der Waals surface area contributed by atoms with E-state index in [1.54, 1.807) is 0 Å². The first-order valence-electron chi connectivity index (χ1n) is 21.0. The Labute approximate surface area is 344 Å². The van der Waals surface area contributed by atoms with E-state index in [0.717, 1.165) is 25.7 Å². The van der Waals surface area contributed by atoms with Gasteiger partial charge in [-0.15, -0.1) is 0 Å². The Morgan fingerprint density at radius 1 is 0.491 bits per heavy atom. The van der Waals surface area contributed by atoms with Crippen molar-refractivity contribution < 1.29 is 56.6 Å². The van der Waals surface area contributed by atoms with Crippen LogP contribution >= 0.6 is 0 Å². The molecular formula is C44H74O12Si. The monoisotopic (exact) mass is 822 g/mol. The number of ether oxygens (including phenoxy) is 10. The first kappa shape index (κ1) is 50.9. The van der Waals surface area contributed by atoms with Crippen LogP contribution in [-0.2, 0) is 56.6 Å². The lowest BCUT2D eigenvalue weighted by Gasteiger charge is -2.43. The summed E-state index contributed by atoms with van der Waals surface area (Å²) in [5.74, 6) is -0.126. The van der Waals surface area contributed by atoms with E-state index in [1.165, 1.54) is 10.4 Å². The maximum absolute atomic E-state index is 12.1. The second-order valence-electron chi connectivity index (χ2n) is 14.4. The predicted octanol–water partition coefficient (Wildman–Crippen LogP) is 5.47. The van der Waals surface area contributed by atoms with E-state index >= 15 is 0 Å². The van der Waals surface area contributed by atoms with E-state index in [9.17, 15) is 4.79 Å². The SMILES string of the molecule is CCCCC(CC)C(=O)OCCOCCOCCOCCOCCOCCOCCOCCOCCOCCO[Si](c1ccccc1)(c1ccccc1)C(C)(C)C. The summed E-state index contributed by atoms with van der Waals surface area (Å²) in [7, 11) is -2.54. The fourth-order valence-corrected chi connectivity index (χ4v) is 10.7. The van der Waals surface area contributed by atoms with Crippen LogP contribution in [0.3, 0.4) is 0 Å². The topological polar surface area (TPSA) is 119 Å². The summed E-state index contributed by atoms with van der Waals surface area (Å²) in [6.45, 7) is 20.5. The summed E-state index contributed by atoms with van der Waals surface area (Å²) < 4.78 is 62.3. The Morgan fingerprint density at radius 3 is 1.11 bits per heavy atom. The quantitative estimate of drug-likeness (QED) is 0.0486. The molecule has 2 rings (SSSR count). The molecule has 0 radical (unpaired) electrons. The number of carbonyl (C=O) groups is 1. The lowest BCUT2D eigenvalue weighted by atomic mass is 10.00. The second kappa shape index (κ2) is 33.5. The third kappa shape index (κ3) is 22.6. The van der Waals surface area contributed by atoms with Gasteiger partial charge in [-0.3, -0.25) is 4.79 Å². The van der Waals surface area contributed by atoms with Gasteiger partial charge < -0.3 is 51.8 Å². The van der Waals surface area contributed by atoms with Gasteiger partial charge in [-0.1, -0.05) is 108 Å². The van der Waals surface area contributed by atoms with E-state index in [-0.39, 0.29) is 23.5 Å². The van der Waals surface area contributed by atoms with E-state index < -0.39 is 8.32 Å². The van der Waals surface area contributed by atoms with E-state index in [0.29, 0.717) is 126 Å². The molecule has 2 aromatic carbocycles. The minimum Gasteiger partial charge on any atom is -0.463 e. The van der Waals surface area contributed by atoms with Crippen molar-refractivity contribution in [1.82, 2.24) is 0 Å². The van der Waals surface area contributed by atoms with Crippen LogP contribution in [0.1, 0.15) is 60.3 Å². The standard InChI is InChI=1S/C44H74O12Si/c1-6-8-15-40(7-2)43(45)55-38-36-53-34-32-51-30-28-49-26-24-47-22-20-46-21-23-48-25-27-50-29-31-52-33-35-54-37-39-56-57(44(3,4)5,41-16-11-9-12-17-41)42-18-13-10-14-19-42/h9-14,16-19,40H,6-8,15,20-39H2,1-5H3. The van der Waals surface area contributed by atoms with Crippen molar-refractivity contribution in [2.45, 2.75) is 65.3 Å². The molecule has 0 aromatic heterocycles. The first-order valence-corrected chi connectivity index (χ1v) is 22.9. The van der Waals surface area contributed by atoms with Crippen molar-refractivity contribution in [3.8, 4) is 0 Å². The van der Waals surface area contributed by atoms with Crippen LogP contribution < -0.4 is 10.4 Å². The normalized spacial score (nSPS) is 12.6. The summed E-state index contributed by atoms with van der Waals surface area (Å²) in [6.07, 6.45) is 3.83. The number of hydrogen-bond donors (Lipinski definition) is 0. The highest BCUT2D eigenvalue weighted by Gasteiger charge is 2.50. The molecule has 12 nitrogen and oxygen atoms in total. The highest BCUT2D eigenvalue weighted by atomic mass is 28.4. The molecule has 0 saturated heterocycles. The van der Waals surface area contributed by atoms with Crippen molar-refractivity contribution in [3.05, 3.63) is 60.7 Å². The predicted molar refractivity (Wildman–Crippen MR) is 225 cm³/mol. The van der Waals surface area contributed by atoms with Crippen LogP contribution in [0.4, 0.5) is 0 Å².